The number of likely N-dealkylation sites (tertiary alicyclic amines) is 1. The van der Waals surface area contributed by atoms with E-state index in [9.17, 15) is 4.79 Å². The molecule has 0 aromatic carbocycles. The molecule has 2 N–H and O–H groups in total. The van der Waals surface area contributed by atoms with E-state index < -0.39 is 0 Å². The van der Waals surface area contributed by atoms with Gasteiger partial charge in [-0.2, -0.15) is 0 Å². The molecule has 0 aromatic rings. The van der Waals surface area contributed by atoms with Gasteiger partial charge in [-0.25, -0.2) is 0 Å². The van der Waals surface area contributed by atoms with Crippen LogP contribution in [0.15, 0.2) is 0 Å². The van der Waals surface area contributed by atoms with Gasteiger partial charge in [0.05, 0.1) is 5.75 Å². The van der Waals surface area contributed by atoms with Crippen LogP contribution in [0.25, 0.3) is 0 Å². The summed E-state index contributed by atoms with van der Waals surface area (Å²) < 4.78 is 0.159. The molecule has 1 rings (SSSR count). The highest BCUT2D eigenvalue weighted by atomic mass is 35.5. The lowest BCUT2D eigenvalue weighted by molar-refractivity contribution is -0.130. The molecule has 5 heteroatoms. The van der Waals surface area contributed by atoms with Gasteiger partial charge in [-0.3, -0.25) is 4.79 Å². The van der Waals surface area contributed by atoms with Gasteiger partial charge in [0.2, 0.25) is 5.91 Å². The lowest BCUT2D eigenvalue weighted by Crippen LogP contribution is -2.45. The molecule has 1 saturated heterocycles. The normalized spacial score (nSPS) is 22.3. The first-order chi connectivity index (χ1) is 7.79. The van der Waals surface area contributed by atoms with Gasteiger partial charge in [-0.05, 0) is 25.7 Å². The Bertz CT molecular complexity index is 266. The molecule has 1 fully saturated rings. The molecule has 1 amide bonds. The highest BCUT2D eigenvalue weighted by Gasteiger charge is 2.26. The zero-order valence-corrected chi connectivity index (χ0v) is 13.6. The first kappa shape index (κ1) is 18.1. The minimum absolute atomic E-state index is 0. The summed E-state index contributed by atoms with van der Waals surface area (Å²) in [6, 6.07) is 0.195. The fourth-order valence-corrected chi connectivity index (χ4v) is 2.77. The number of hydrogen-bond donors (Lipinski definition) is 1. The molecule has 0 bridgehead atoms. The van der Waals surface area contributed by atoms with Gasteiger partial charge >= 0.3 is 0 Å². The Labute approximate surface area is 122 Å². The van der Waals surface area contributed by atoms with Crippen molar-refractivity contribution >= 4 is 30.1 Å². The summed E-state index contributed by atoms with van der Waals surface area (Å²) >= 11 is 1.72. The van der Waals surface area contributed by atoms with Crippen LogP contribution in [-0.2, 0) is 4.79 Å². The predicted molar refractivity (Wildman–Crippen MR) is 82.4 cm³/mol. The third-order valence-corrected chi connectivity index (χ3v) is 4.44. The SMILES string of the molecule is CC(N)C1CCCN(C(=O)CSC(C)(C)C)C1.Cl. The van der Waals surface area contributed by atoms with E-state index in [2.05, 4.69) is 20.8 Å². The van der Waals surface area contributed by atoms with Gasteiger partial charge in [0.1, 0.15) is 0 Å². The summed E-state index contributed by atoms with van der Waals surface area (Å²) in [5.41, 5.74) is 5.93. The topological polar surface area (TPSA) is 46.3 Å². The zero-order chi connectivity index (χ0) is 13.1. The third kappa shape index (κ3) is 6.30. The van der Waals surface area contributed by atoms with E-state index in [1.807, 2.05) is 11.8 Å². The molecule has 2 unspecified atom stereocenters. The summed E-state index contributed by atoms with van der Waals surface area (Å²) in [4.78, 5) is 14.1. The van der Waals surface area contributed by atoms with Crippen LogP contribution in [0, 0.1) is 5.92 Å². The lowest BCUT2D eigenvalue weighted by atomic mass is 9.92. The van der Waals surface area contributed by atoms with Crippen LogP contribution in [0.5, 0.6) is 0 Å². The van der Waals surface area contributed by atoms with E-state index in [1.165, 1.54) is 0 Å². The Kier molecular flexibility index (Phi) is 7.64. The molecule has 0 saturated carbocycles. The van der Waals surface area contributed by atoms with E-state index in [0.717, 1.165) is 25.9 Å². The number of thioether (sulfide) groups is 1. The number of rotatable bonds is 3. The van der Waals surface area contributed by atoms with Crippen LogP contribution in [0.1, 0.15) is 40.5 Å². The number of amides is 1. The third-order valence-electron chi connectivity index (χ3n) is 3.18. The summed E-state index contributed by atoms with van der Waals surface area (Å²) in [5.74, 6) is 1.34. The number of nitrogens with two attached hydrogens (primary N) is 1. The molecule has 0 aliphatic carbocycles. The van der Waals surface area contributed by atoms with Gasteiger partial charge in [0.15, 0.2) is 0 Å². The number of piperidine rings is 1. The second kappa shape index (κ2) is 7.61. The van der Waals surface area contributed by atoms with Gasteiger partial charge < -0.3 is 10.6 Å². The van der Waals surface area contributed by atoms with E-state index >= 15 is 0 Å². The number of halogens is 1. The number of carbonyl (C=O) groups excluding carboxylic acids is 1. The Morgan fingerprint density at radius 1 is 1.50 bits per heavy atom. The van der Waals surface area contributed by atoms with Gasteiger partial charge in [0, 0.05) is 23.9 Å². The molecule has 18 heavy (non-hydrogen) atoms. The van der Waals surface area contributed by atoms with E-state index in [1.54, 1.807) is 11.8 Å². The van der Waals surface area contributed by atoms with E-state index in [4.69, 9.17) is 5.73 Å². The van der Waals surface area contributed by atoms with Crippen LogP contribution < -0.4 is 5.73 Å². The molecule has 1 aliphatic heterocycles. The molecule has 3 nitrogen and oxygen atoms in total. The first-order valence-corrected chi connectivity index (χ1v) is 7.45. The fourth-order valence-electron chi connectivity index (χ4n) is 2.04. The van der Waals surface area contributed by atoms with Crippen molar-refractivity contribution in [1.29, 1.82) is 0 Å². The quantitative estimate of drug-likeness (QED) is 0.870. The molecular formula is C13H27ClN2OS. The molecule has 1 heterocycles. The summed E-state index contributed by atoms with van der Waals surface area (Å²) in [7, 11) is 0. The Morgan fingerprint density at radius 2 is 2.11 bits per heavy atom. The predicted octanol–water partition coefficient (Wildman–Crippen LogP) is 2.53. The van der Waals surface area contributed by atoms with Gasteiger partial charge in [-0.15, -0.1) is 24.2 Å². The fraction of sp³-hybridized carbons (Fsp3) is 0.923. The maximum atomic E-state index is 12.1. The minimum Gasteiger partial charge on any atom is -0.342 e. The van der Waals surface area contributed by atoms with Gasteiger partial charge in [-0.1, -0.05) is 20.8 Å². The molecule has 0 radical (unpaired) electrons. The van der Waals surface area contributed by atoms with Crippen molar-refractivity contribution in [3.8, 4) is 0 Å². The molecule has 0 aromatic heterocycles. The smallest absolute Gasteiger partial charge is 0.232 e. The maximum Gasteiger partial charge on any atom is 0.232 e. The van der Waals surface area contributed by atoms with Crippen LogP contribution in [0.2, 0.25) is 0 Å². The second-order valence-corrected chi connectivity index (χ2v) is 7.80. The molecule has 1 aliphatic rings. The van der Waals surface area contributed by atoms with Crippen LogP contribution in [0.4, 0.5) is 0 Å². The molecule has 0 spiro atoms. The Hall–Kier alpha value is 0.0700. The Balaban J connectivity index is 0.00000289. The van der Waals surface area contributed by atoms with Crippen molar-refractivity contribution in [2.45, 2.75) is 51.3 Å². The molecular weight excluding hydrogens is 268 g/mol. The van der Waals surface area contributed by atoms with E-state index in [0.29, 0.717) is 11.7 Å². The minimum atomic E-state index is 0. The highest BCUT2D eigenvalue weighted by molar-refractivity contribution is 8.01. The number of hydrogen-bond acceptors (Lipinski definition) is 3. The largest absolute Gasteiger partial charge is 0.342 e. The summed E-state index contributed by atoms with van der Waals surface area (Å²) in [6.45, 7) is 10.2. The monoisotopic (exact) mass is 294 g/mol. The number of carbonyl (C=O) groups is 1. The first-order valence-electron chi connectivity index (χ1n) is 6.47. The standard InChI is InChI=1S/C13H26N2OS.ClH/c1-10(14)11-6-5-7-15(8-11)12(16)9-17-13(2,3)4;/h10-11H,5-9,14H2,1-4H3;1H. The van der Waals surface area contributed by atoms with E-state index in [-0.39, 0.29) is 29.1 Å². The van der Waals surface area contributed by atoms with Crippen molar-refractivity contribution < 1.29 is 4.79 Å². The highest BCUT2D eigenvalue weighted by Crippen LogP contribution is 2.25. The van der Waals surface area contributed by atoms with Crippen LogP contribution in [0.3, 0.4) is 0 Å². The van der Waals surface area contributed by atoms with Crippen molar-refractivity contribution in [3.63, 3.8) is 0 Å². The van der Waals surface area contributed by atoms with Crippen LogP contribution >= 0.6 is 24.2 Å². The maximum absolute atomic E-state index is 12.1. The number of nitrogens with zero attached hydrogens (tertiary/aromatic N) is 1. The van der Waals surface area contributed by atoms with Crippen molar-refractivity contribution in [2.75, 3.05) is 18.8 Å². The summed E-state index contributed by atoms with van der Waals surface area (Å²) in [6.07, 6.45) is 2.26. The molecule has 2 atom stereocenters. The second-order valence-electron chi connectivity index (χ2n) is 6.00. The zero-order valence-electron chi connectivity index (χ0n) is 11.9. The van der Waals surface area contributed by atoms with Crippen molar-refractivity contribution in [3.05, 3.63) is 0 Å². The summed E-state index contributed by atoms with van der Waals surface area (Å²) in [5, 5.41) is 0. The lowest BCUT2D eigenvalue weighted by Gasteiger charge is -2.35. The average molecular weight is 295 g/mol. The Morgan fingerprint density at radius 3 is 2.61 bits per heavy atom. The molecule has 108 valence electrons. The average Bonchev–Trinajstić information content (AvgIpc) is 2.25. The van der Waals surface area contributed by atoms with Crippen molar-refractivity contribution in [1.82, 2.24) is 4.90 Å². The van der Waals surface area contributed by atoms with Gasteiger partial charge in [0.25, 0.3) is 0 Å². The van der Waals surface area contributed by atoms with Crippen molar-refractivity contribution in [2.24, 2.45) is 11.7 Å². The van der Waals surface area contributed by atoms with Crippen LogP contribution in [-0.4, -0.2) is 40.4 Å².